The van der Waals surface area contributed by atoms with Crippen molar-refractivity contribution in [2.24, 2.45) is 0 Å². The Bertz CT molecular complexity index is 595. The van der Waals surface area contributed by atoms with Crippen LogP contribution >= 0.6 is 15.9 Å². The van der Waals surface area contributed by atoms with Crippen LogP contribution in [0.5, 0.6) is 5.75 Å². The van der Waals surface area contributed by atoms with E-state index in [4.69, 9.17) is 4.74 Å². The first-order valence-corrected chi connectivity index (χ1v) is 8.00. The molecule has 1 heterocycles. The van der Waals surface area contributed by atoms with Gasteiger partial charge in [0.25, 0.3) is 0 Å². The lowest BCUT2D eigenvalue weighted by atomic mass is 10.1. The second kappa shape index (κ2) is 7.61. The molecule has 0 aliphatic rings. The van der Waals surface area contributed by atoms with Crippen LogP contribution < -0.4 is 10.1 Å². The minimum Gasteiger partial charge on any atom is -0.497 e. The summed E-state index contributed by atoms with van der Waals surface area (Å²) >= 11 is 3.62. The summed E-state index contributed by atoms with van der Waals surface area (Å²) in [6, 6.07) is 8.20. The zero-order valence-corrected chi connectivity index (χ0v) is 14.4. The molecule has 2 rings (SSSR count). The van der Waals surface area contributed by atoms with Crippen LogP contribution in [-0.4, -0.2) is 23.4 Å². The van der Waals surface area contributed by atoms with Crippen LogP contribution in [0.3, 0.4) is 0 Å². The van der Waals surface area contributed by atoms with Gasteiger partial charge in [-0.15, -0.1) is 0 Å². The Kier molecular flexibility index (Phi) is 5.82. The third-order valence-electron chi connectivity index (χ3n) is 3.47. The van der Waals surface area contributed by atoms with Crippen LogP contribution in [0.25, 0.3) is 0 Å². The van der Waals surface area contributed by atoms with Gasteiger partial charge in [-0.05, 0) is 60.4 Å². The van der Waals surface area contributed by atoms with E-state index in [-0.39, 0.29) is 0 Å². The highest BCUT2D eigenvalue weighted by Crippen LogP contribution is 2.20. The normalized spacial score (nSPS) is 10.9. The van der Waals surface area contributed by atoms with Crippen molar-refractivity contribution in [3.8, 4) is 5.75 Å². The number of benzene rings is 1. The number of hydrogen-bond acceptors (Lipinski definition) is 3. The maximum atomic E-state index is 5.24. The molecule has 0 radical (unpaired) electrons. The molecule has 0 bridgehead atoms. The molecule has 0 aliphatic carbocycles. The van der Waals surface area contributed by atoms with Crippen molar-refractivity contribution in [3.63, 3.8) is 0 Å². The molecule has 1 N–H and O–H groups in total. The van der Waals surface area contributed by atoms with Crippen LogP contribution in [0.1, 0.15) is 23.9 Å². The summed E-state index contributed by atoms with van der Waals surface area (Å²) in [7, 11) is 1.70. The molecule has 1 aromatic heterocycles. The summed E-state index contributed by atoms with van der Waals surface area (Å²) in [6.07, 6.45) is 0.980. The molecule has 0 saturated heterocycles. The largest absolute Gasteiger partial charge is 0.497 e. The summed E-state index contributed by atoms with van der Waals surface area (Å²) in [6.45, 7) is 6.76. The van der Waals surface area contributed by atoms with Crippen LogP contribution in [0.4, 0.5) is 0 Å². The van der Waals surface area contributed by atoms with Gasteiger partial charge >= 0.3 is 0 Å². The summed E-state index contributed by atoms with van der Waals surface area (Å²) < 4.78 is 8.39. The van der Waals surface area contributed by atoms with Gasteiger partial charge in [0, 0.05) is 13.1 Å². The zero-order valence-electron chi connectivity index (χ0n) is 12.8. The van der Waals surface area contributed by atoms with Crippen molar-refractivity contribution in [3.05, 3.63) is 45.7 Å². The van der Waals surface area contributed by atoms with Crippen LogP contribution in [-0.2, 0) is 19.5 Å². The van der Waals surface area contributed by atoms with Gasteiger partial charge in [-0.2, -0.15) is 5.10 Å². The maximum Gasteiger partial charge on any atom is 0.119 e. The first-order valence-electron chi connectivity index (χ1n) is 7.21. The van der Waals surface area contributed by atoms with Gasteiger partial charge < -0.3 is 10.1 Å². The second-order valence-electron chi connectivity index (χ2n) is 4.94. The van der Waals surface area contributed by atoms with Gasteiger partial charge in [0.2, 0.25) is 0 Å². The van der Waals surface area contributed by atoms with E-state index in [0.717, 1.165) is 42.0 Å². The highest BCUT2D eigenvalue weighted by Gasteiger charge is 2.11. The topological polar surface area (TPSA) is 39.1 Å². The second-order valence-corrected chi connectivity index (χ2v) is 5.73. The summed E-state index contributed by atoms with van der Waals surface area (Å²) in [4.78, 5) is 0. The molecule has 4 nitrogen and oxygen atoms in total. The van der Waals surface area contributed by atoms with E-state index in [0.29, 0.717) is 0 Å². The molecule has 0 amide bonds. The smallest absolute Gasteiger partial charge is 0.119 e. The number of rotatable bonds is 7. The Labute approximate surface area is 134 Å². The van der Waals surface area contributed by atoms with Crippen molar-refractivity contribution >= 4 is 15.9 Å². The van der Waals surface area contributed by atoms with E-state index in [1.54, 1.807) is 7.11 Å². The fourth-order valence-corrected chi connectivity index (χ4v) is 2.73. The minimum absolute atomic E-state index is 0.819. The maximum absolute atomic E-state index is 5.24. The molecule has 0 fully saturated rings. The van der Waals surface area contributed by atoms with Crippen LogP contribution in [0.2, 0.25) is 0 Å². The van der Waals surface area contributed by atoms with Gasteiger partial charge in [-0.3, -0.25) is 4.68 Å². The quantitative estimate of drug-likeness (QED) is 0.777. The van der Waals surface area contributed by atoms with Gasteiger partial charge in [0.05, 0.1) is 23.0 Å². The first-order chi connectivity index (χ1) is 10.2. The number of aromatic nitrogens is 2. The molecule has 5 heteroatoms. The molecule has 0 aliphatic heterocycles. The van der Waals surface area contributed by atoms with Crippen LogP contribution in [0, 0.1) is 6.92 Å². The van der Waals surface area contributed by atoms with Crippen molar-refractivity contribution < 1.29 is 4.74 Å². The predicted octanol–water partition coefficient (Wildman–Crippen LogP) is 3.31. The Morgan fingerprint density at radius 3 is 2.90 bits per heavy atom. The minimum atomic E-state index is 0.819. The molecule has 0 atom stereocenters. The van der Waals surface area contributed by atoms with E-state index in [1.807, 2.05) is 23.7 Å². The lowest BCUT2D eigenvalue weighted by Crippen LogP contribution is -2.19. The standard InChI is InChI=1S/C16H22BrN3O/c1-4-20-15(16(17)12(2)19-20)11-18-9-8-13-6-5-7-14(10-13)21-3/h5-7,10,18H,4,8-9,11H2,1-3H3. The van der Waals surface area contributed by atoms with Gasteiger partial charge in [-0.25, -0.2) is 0 Å². The Balaban J connectivity index is 1.87. The van der Waals surface area contributed by atoms with E-state index in [1.165, 1.54) is 11.3 Å². The average molecular weight is 352 g/mol. The van der Waals surface area contributed by atoms with E-state index < -0.39 is 0 Å². The number of ether oxygens (including phenoxy) is 1. The Morgan fingerprint density at radius 1 is 1.38 bits per heavy atom. The highest BCUT2D eigenvalue weighted by molar-refractivity contribution is 9.10. The average Bonchev–Trinajstić information content (AvgIpc) is 2.79. The highest BCUT2D eigenvalue weighted by atomic mass is 79.9. The van der Waals surface area contributed by atoms with Crippen molar-refractivity contribution in [1.82, 2.24) is 15.1 Å². The van der Waals surface area contributed by atoms with Gasteiger partial charge in [0.15, 0.2) is 0 Å². The molecule has 2 aromatic rings. The number of nitrogens with one attached hydrogen (secondary N) is 1. The number of halogens is 1. The molecule has 0 unspecified atom stereocenters. The van der Waals surface area contributed by atoms with Crippen molar-refractivity contribution in [2.45, 2.75) is 33.4 Å². The van der Waals surface area contributed by atoms with E-state index in [2.05, 4.69) is 45.4 Å². The van der Waals surface area contributed by atoms with Gasteiger partial charge in [-0.1, -0.05) is 12.1 Å². The third-order valence-corrected chi connectivity index (χ3v) is 4.50. The fraction of sp³-hybridized carbons (Fsp3) is 0.438. The zero-order chi connectivity index (χ0) is 15.2. The van der Waals surface area contributed by atoms with E-state index >= 15 is 0 Å². The Hall–Kier alpha value is -1.33. The fourth-order valence-electron chi connectivity index (χ4n) is 2.31. The van der Waals surface area contributed by atoms with Crippen molar-refractivity contribution in [2.75, 3.05) is 13.7 Å². The predicted molar refractivity (Wildman–Crippen MR) is 88.7 cm³/mol. The molecular formula is C16H22BrN3O. The number of aryl methyl sites for hydroxylation is 2. The molecule has 21 heavy (non-hydrogen) atoms. The van der Waals surface area contributed by atoms with E-state index in [9.17, 15) is 0 Å². The Morgan fingerprint density at radius 2 is 2.19 bits per heavy atom. The lowest BCUT2D eigenvalue weighted by molar-refractivity contribution is 0.414. The SMILES string of the molecule is CCn1nc(C)c(Br)c1CNCCc1cccc(OC)c1. The lowest BCUT2D eigenvalue weighted by Gasteiger charge is -2.08. The summed E-state index contributed by atoms with van der Waals surface area (Å²) in [5.41, 5.74) is 3.53. The summed E-state index contributed by atoms with van der Waals surface area (Å²) in [5, 5.41) is 7.99. The molecule has 0 saturated carbocycles. The molecular weight excluding hydrogens is 330 g/mol. The summed E-state index contributed by atoms with van der Waals surface area (Å²) in [5.74, 6) is 0.912. The first kappa shape index (κ1) is 16.0. The number of nitrogens with zero attached hydrogens (tertiary/aromatic N) is 2. The number of hydrogen-bond donors (Lipinski definition) is 1. The van der Waals surface area contributed by atoms with Crippen molar-refractivity contribution in [1.29, 1.82) is 0 Å². The molecule has 0 spiro atoms. The van der Waals surface area contributed by atoms with Gasteiger partial charge in [0.1, 0.15) is 5.75 Å². The molecule has 1 aromatic carbocycles. The number of methoxy groups -OCH3 is 1. The third kappa shape index (κ3) is 4.08. The van der Waals surface area contributed by atoms with Crippen LogP contribution in [0.15, 0.2) is 28.7 Å². The monoisotopic (exact) mass is 351 g/mol. The molecule has 114 valence electrons.